The van der Waals surface area contributed by atoms with Crippen molar-refractivity contribution in [3.05, 3.63) is 0 Å². The minimum absolute atomic E-state index is 0.436. The van der Waals surface area contributed by atoms with Crippen molar-refractivity contribution in [1.29, 1.82) is 0 Å². The van der Waals surface area contributed by atoms with Crippen molar-refractivity contribution >= 4 is 23.8 Å². The van der Waals surface area contributed by atoms with E-state index in [1.54, 1.807) is 0 Å². The number of nitrogens with one attached hydrogen (secondary N) is 1. The van der Waals surface area contributed by atoms with Gasteiger partial charge in [-0.1, -0.05) is 0 Å². The Kier molecular flexibility index (Phi) is 7.46. The lowest BCUT2D eigenvalue weighted by molar-refractivity contribution is -0.160. The molecule has 0 radical (unpaired) electrons. The van der Waals surface area contributed by atoms with Gasteiger partial charge < -0.3 is 24.3 Å². The summed E-state index contributed by atoms with van der Waals surface area (Å²) in [5.74, 6) is -4.23. The number of amides is 1. The fraction of sp³-hybridized carbons (Fsp3) is 0.714. The van der Waals surface area contributed by atoms with Crippen molar-refractivity contribution in [3.63, 3.8) is 0 Å². The standard InChI is InChI=1S/C14H21NO8/c1-20-10(16)7-8(13(18)21-2)11(14(19)22-3)15-12(17)9-5-4-6-23-9/h8-9,11H,4-7H2,1-3H3,(H,15,17)/t8-,9-,11-/m0/s1. The summed E-state index contributed by atoms with van der Waals surface area (Å²) in [4.78, 5) is 47.5. The molecular formula is C14H21NO8. The molecule has 0 bridgehead atoms. The molecular weight excluding hydrogens is 310 g/mol. The first kappa shape index (κ1) is 18.9. The monoisotopic (exact) mass is 331 g/mol. The molecule has 1 saturated heterocycles. The molecule has 0 aliphatic carbocycles. The second-order valence-electron chi connectivity index (χ2n) is 4.92. The fourth-order valence-electron chi connectivity index (χ4n) is 2.23. The number of carbonyl (C=O) groups excluding carboxylic acids is 4. The van der Waals surface area contributed by atoms with Crippen molar-refractivity contribution in [3.8, 4) is 0 Å². The lowest BCUT2D eigenvalue weighted by atomic mass is 9.95. The number of rotatable bonds is 7. The predicted octanol–water partition coefficient (Wildman–Crippen LogP) is -0.824. The second-order valence-corrected chi connectivity index (χ2v) is 4.92. The van der Waals surface area contributed by atoms with E-state index < -0.39 is 48.3 Å². The van der Waals surface area contributed by atoms with Crippen molar-refractivity contribution in [2.24, 2.45) is 5.92 Å². The van der Waals surface area contributed by atoms with Gasteiger partial charge in [-0.05, 0) is 12.8 Å². The summed E-state index contributed by atoms with van der Waals surface area (Å²) in [5.41, 5.74) is 0. The summed E-state index contributed by atoms with van der Waals surface area (Å²) < 4.78 is 18.9. The summed E-state index contributed by atoms with van der Waals surface area (Å²) in [6.07, 6.45) is 0.108. The van der Waals surface area contributed by atoms with E-state index in [0.717, 1.165) is 27.8 Å². The molecule has 1 heterocycles. The third kappa shape index (κ3) is 5.20. The van der Waals surface area contributed by atoms with Gasteiger partial charge in [-0.3, -0.25) is 14.4 Å². The summed E-state index contributed by atoms with van der Waals surface area (Å²) in [5, 5.41) is 2.41. The summed E-state index contributed by atoms with van der Waals surface area (Å²) in [7, 11) is 3.37. The first-order chi connectivity index (χ1) is 10.9. The van der Waals surface area contributed by atoms with Crippen LogP contribution in [0.3, 0.4) is 0 Å². The summed E-state index contributed by atoms with van der Waals surface area (Å²) in [6.45, 7) is 0.448. The molecule has 0 spiro atoms. The first-order valence-electron chi connectivity index (χ1n) is 7.09. The minimum Gasteiger partial charge on any atom is -0.469 e. The highest BCUT2D eigenvalue weighted by atomic mass is 16.5. The third-order valence-electron chi connectivity index (χ3n) is 3.50. The van der Waals surface area contributed by atoms with Crippen LogP contribution < -0.4 is 5.32 Å². The zero-order valence-electron chi connectivity index (χ0n) is 13.3. The van der Waals surface area contributed by atoms with Gasteiger partial charge in [-0.15, -0.1) is 0 Å². The normalized spacial score (nSPS) is 19.3. The molecule has 1 N–H and O–H groups in total. The van der Waals surface area contributed by atoms with Gasteiger partial charge in [0, 0.05) is 6.61 Å². The Morgan fingerprint density at radius 2 is 1.74 bits per heavy atom. The molecule has 0 aromatic heterocycles. The zero-order valence-corrected chi connectivity index (χ0v) is 13.3. The Balaban J connectivity index is 2.93. The number of carbonyl (C=O) groups is 4. The average Bonchev–Trinajstić information content (AvgIpc) is 3.10. The van der Waals surface area contributed by atoms with Crippen LogP contribution in [-0.2, 0) is 38.1 Å². The molecule has 3 atom stereocenters. The van der Waals surface area contributed by atoms with E-state index in [4.69, 9.17) is 4.74 Å². The maximum Gasteiger partial charge on any atom is 0.329 e. The van der Waals surface area contributed by atoms with E-state index in [1.165, 1.54) is 0 Å². The van der Waals surface area contributed by atoms with Gasteiger partial charge in [-0.25, -0.2) is 4.79 Å². The highest BCUT2D eigenvalue weighted by molar-refractivity contribution is 5.92. The van der Waals surface area contributed by atoms with Crippen LogP contribution in [0.5, 0.6) is 0 Å². The lowest BCUT2D eigenvalue weighted by Gasteiger charge is -2.24. The van der Waals surface area contributed by atoms with Crippen molar-refractivity contribution in [2.45, 2.75) is 31.4 Å². The van der Waals surface area contributed by atoms with Crippen LogP contribution in [0, 0.1) is 5.92 Å². The molecule has 1 rings (SSSR count). The van der Waals surface area contributed by atoms with Gasteiger partial charge in [0.1, 0.15) is 12.1 Å². The van der Waals surface area contributed by atoms with Crippen LogP contribution in [0.25, 0.3) is 0 Å². The van der Waals surface area contributed by atoms with Crippen LogP contribution in [-0.4, -0.2) is 63.9 Å². The largest absolute Gasteiger partial charge is 0.469 e. The molecule has 1 aliphatic heterocycles. The topological polar surface area (TPSA) is 117 Å². The van der Waals surface area contributed by atoms with E-state index >= 15 is 0 Å². The van der Waals surface area contributed by atoms with E-state index in [0.29, 0.717) is 13.0 Å². The highest BCUT2D eigenvalue weighted by Gasteiger charge is 2.40. The number of ether oxygens (including phenoxy) is 4. The van der Waals surface area contributed by atoms with E-state index in [1.807, 2.05) is 0 Å². The van der Waals surface area contributed by atoms with E-state index in [-0.39, 0.29) is 0 Å². The second kappa shape index (κ2) is 9.09. The maximum atomic E-state index is 12.1. The molecule has 1 amide bonds. The first-order valence-corrected chi connectivity index (χ1v) is 7.09. The Morgan fingerprint density at radius 1 is 1.09 bits per heavy atom. The number of methoxy groups -OCH3 is 3. The SMILES string of the molecule is COC(=O)C[C@H](C(=O)OC)[C@H](NC(=O)[C@@H]1CCCO1)C(=O)OC. The van der Waals surface area contributed by atoms with Crippen molar-refractivity contribution < 1.29 is 38.1 Å². The Morgan fingerprint density at radius 3 is 2.22 bits per heavy atom. The van der Waals surface area contributed by atoms with Crippen LogP contribution in [0.15, 0.2) is 0 Å². The van der Waals surface area contributed by atoms with Gasteiger partial charge in [0.05, 0.1) is 33.7 Å². The summed E-state index contributed by atoms with van der Waals surface area (Å²) >= 11 is 0. The molecule has 1 aliphatic rings. The maximum absolute atomic E-state index is 12.1. The van der Waals surface area contributed by atoms with Gasteiger partial charge in [0.2, 0.25) is 5.91 Å². The van der Waals surface area contributed by atoms with E-state index in [9.17, 15) is 19.2 Å². The third-order valence-corrected chi connectivity index (χ3v) is 3.50. The van der Waals surface area contributed by atoms with Crippen LogP contribution in [0.1, 0.15) is 19.3 Å². The predicted molar refractivity (Wildman–Crippen MR) is 75.1 cm³/mol. The van der Waals surface area contributed by atoms with Gasteiger partial charge in [0.15, 0.2) is 0 Å². The molecule has 0 unspecified atom stereocenters. The number of esters is 3. The van der Waals surface area contributed by atoms with E-state index in [2.05, 4.69) is 19.5 Å². The Hall–Kier alpha value is -2.16. The molecule has 9 heteroatoms. The molecule has 1 fully saturated rings. The van der Waals surface area contributed by atoms with Crippen LogP contribution in [0.2, 0.25) is 0 Å². The molecule has 23 heavy (non-hydrogen) atoms. The quantitative estimate of drug-likeness (QED) is 0.475. The van der Waals surface area contributed by atoms with Gasteiger partial charge >= 0.3 is 17.9 Å². The fourth-order valence-corrected chi connectivity index (χ4v) is 2.23. The van der Waals surface area contributed by atoms with Crippen LogP contribution in [0.4, 0.5) is 0 Å². The Bertz CT molecular complexity index is 458. The van der Waals surface area contributed by atoms with Crippen molar-refractivity contribution in [2.75, 3.05) is 27.9 Å². The lowest BCUT2D eigenvalue weighted by Crippen LogP contribution is -2.52. The molecule has 0 aromatic rings. The molecule has 9 nitrogen and oxygen atoms in total. The van der Waals surface area contributed by atoms with Crippen molar-refractivity contribution in [1.82, 2.24) is 5.32 Å². The molecule has 130 valence electrons. The smallest absolute Gasteiger partial charge is 0.329 e. The van der Waals surface area contributed by atoms with Gasteiger partial charge in [0.25, 0.3) is 0 Å². The average molecular weight is 331 g/mol. The molecule has 0 saturated carbocycles. The number of hydrogen-bond donors (Lipinski definition) is 1. The summed E-state index contributed by atoms with van der Waals surface area (Å²) in [6, 6.07) is -1.37. The van der Waals surface area contributed by atoms with Gasteiger partial charge in [-0.2, -0.15) is 0 Å². The molecule has 0 aromatic carbocycles. The highest BCUT2D eigenvalue weighted by Crippen LogP contribution is 2.17. The Labute approximate surface area is 133 Å². The zero-order chi connectivity index (χ0) is 17.4. The number of hydrogen-bond acceptors (Lipinski definition) is 8. The minimum atomic E-state index is -1.37. The van der Waals surface area contributed by atoms with Crippen LogP contribution >= 0.6 is 0 Å².